The van der Waals surface area contributed by atoms with Crippen molar-refractivity contribution in [1.82, 2.24) is 9.88 Å². The summed E-state index contributed by atoms with van der Waals surface area (Å²) in [5.41, 5.74) is 6.56. The van der Waals surface area contributed by atoms with E-state index in [1.54, 1.807) is 11.3 Å². The van der Waals surface area contributed by atoms with Gasteiger partial charge in [0.25, 0.3) is 0 Å². The van der Waals surface area contributed by atoms with Crippen molar-refractivity contribution in [2.45, 2.75) is 13.0 Å². The summed E-state index contributed by atoms with van der Waals surface area (Å²) >= 11 is 1.69. The molecule has 1 fully saturated rings. The van der Waals surface area contributed by atoms with Crippen LogP contribution in [0.2, 0.25) is 0 Å². The minimum absolute atomic E-state index is 0.538. The van der Waals surface area contributed by atoms with Crippen molar-refractivity contribution in [2.24, 2.45) is 11.7 Å². The number of nitrogens with zero attached hydrogens (tertiary/aromatic N) is 3. The third-order valence-corrected chi connectivity index (χ3v) is 4.10. The molecule has 16 heavy (non-hydrogen) atoms. The van der Waals surface area contributed by atoms with Gasteiger partial charge >= 0.3 is 0 Å². The first-order chi connectivity index (χ1) is 7.69. The Labute approximate surface area is 101 Å². The predicted molar refractivity (Wildman–Crippen MR) is 68.9 cm³/mol. The molecule has 0 radical (unpaired) electrons. The van der Waals surface area contributed by atoms with Crippen LogP contribution in [-0.2, 0) is 6.54 Å². The van der Waals surface area contributed by atoms with Crippen LogP contribution in [-0.4, -0.2) is 43.6 Å². The molecule has 1 unspecified atom stereocenters. The smallest absolute Gasteiger partial charge is 0.185 e. The summed E-state index contributed by atoms with van der Waals surface area (Å²) in [5, 5.41) is 3.14. The third-order valence-electron chi connectivity index (χ3n) is 3.10. The molecule has 2 rings (SSSR count). The highest BCUT2D eigenvalue weighted by atomic mass is 32.1. The van der Waals surface area contributed by atoms with Gasteiger partial charge < -0.3 is 15.5 Å². The van der Waals surface area contributed by atoms with E-state index in [-0.39, 0.29) is 0 Å². The Morgan fingerprint density at radius 1 is 1.69 bits per heavy atom. The van der Waals surface area contributed by atoms with Crippen LogP contribution in [0.1, 0.15) is 12.1 Å². The highest BCUT2D eigenvalue weighted by molar-refractivity contribution is 7.13. The van der Waals surface area contributed by atoms with Crippen LogP contribution in [0.3, 0.4) is 0 Å². The van der Waals surface area contributed by atoms with E-state index < -0.39 is 0 Å². The number of rotatable bonds is 4. The second-order valence-electron chi connectivity index (χ2n) is 4.62. The van der Waals surface area contributed by atoms with Crippen LogP contribution in [0.5, 0.6) is 0 Å². The Hall–Kier alpha value is -0.650. The number of hydrogen-bond acceptors (Lipinski definition) is 5. The topological polar surface area (TPSA) is 45.4 Å². The van der Waals surface area contributed by atoms with Gasteiger partial charge in [0, 0.05) is 32.1 Å². The summed E-state index contributed by atoms with van der Waals surface area (Å²) in [5.74, 6) is 0.778. The van der Waals surface area contributed by atoms with Crippen LogP contribution in [0.15, 0.2) is 5.38 Å². The molecule has 0 saturated carbocycles. The minimum Gasteiger partial charge on any atom is -0.351 e. The number of nitrogens with two attached hydrogens (primary N) is 1. The molecule has 0 spiro atoms. The predicted octanol–water partition coefficient (Wildman–Crippen LogP) is 0.990. The van der Waals surface area contributed by atoms with Crippen LogP contribution in [0.4, 0.5) is 5.13 Å². The highest BCUT2D eigenvalue weighted by Gasteiger charge is 2.21. The molecule has 1 atom stereocenters. The van der Waals surface area contributed by atoms with Crippen LogP contribution >= 0.6 is 11.3 Å². The fraction of sp³-hybridized carbons (Fsp3) is 0.727. The normalized spacial score (nSPS) is 21.6. The summed E-state index contributed by atoms with van der Waals surface area (Å²) in [6.45, 7) is 4.07. The van der Waals surface area contributed by atoms with E-state index in [0.29, 0.717) is 6.54 Å². The molecule has 2 N–H and O–H groups in total. The van der Waals surface area contributed by atoms with E-state index >= 15 is 0 Å². The first-order valence-corrected chi connectivity index (χ1v) is 6.61. The van der Waals surface area contributed by atoms with Crippen LogP contribution < -0.4 is 10.6 Å². The van der Waals surface area contributed by atoms with Crippen molar-refractivity contribution < 1.29 is 0 Å². The van der Waals surface area contributed by atoms with Crippen molar-refractivity contribution in [3.63, 3.8) is 0 Å². The molecule has 0 aliphatic carbocycles. The fourth-order valence-electron chi connectivity index (χ4n) is 2.21. The largest absolute Gasteiger partial charge is 0.351 e. The summed E-state index contributed by atoms with van der Waals surface area (Å²) in [6, 6.07) is 0. The lowest BCUT2D eigenvalue weighted by Crippen LogP contribution is -2.27. The van der Waals surface area contributed by atoms with Gasteiger partial charge in [-0.25, -0.2) is 4.98 Å². The van der Waals surface area contributed by atoms with E-state index in [1.807, 2.05) is 5.38 Å². The molecule has 2 heterocycles. The maximum Gasteiger partial charge on any atom is 0.185 e. The van der Waals surface area contributed by atoms with Crippen molar-refractivity contribution in [2.75, 3.05) is 38.6 Å². The molecule has 1 saturated heterocycles. The molecule has 1 aromatic heterocycles. The van der Waals surface area contributed by atoms with Gasteiger partial charge in [0.2, 0.25) is 0 Å². The quantitative estimate of drug-likeness (QED) is 0.852. The summed E-state index contributed by atoms with van der Waals surface area (Å²) < 4.78 is 0. The Bertz CT molecular complexity index is 338. The molecular formula is C11H20N4S. The van der Waals surface area contributed by atoms with Crippen molar-refractivity contribution >= 4 is 16.5 Å². The van der Waals surface area contributed by atoms with E-state index in [1.165, 1.54) is 19.5 Å². The molecule has 1 aliphatic rings. The first kappa shape index (κ1) is 11.8. The van der Waals surface area contributed by atoms with Gasteiger partial charge in [0.15, 0.2) is 5.13 Å². The Morgan fingerprint density at radius 2 is 2.50 bits per heavy atom. The second-order valence-corrected chi connectivity index (χ2v) is 5.46. The lowest BCUT2D eigenvalue weighted by Gasteiger charge is -2.20. The zero-order valence-electron chi connectivity index (χ0n) is 10.0. The zero-order valence-corrected chi connectivity index (χ0v) is 10.8. The SMILES string of the molecule is CN1CCC(CN(C)c2nc(CN)cs2)C1. The molecule has 0 amide bonds. The molecule has 0 aromatic carbocycles. The van der Waals surface area contributed by atoms with E-state index in [4.69, 9.17) is 5.73 Å². The molecule has 0 bridgehead atoms. The van der Waals surface area contributed by atoms with Crippen molar-refractivity contribution in [1.29, 1.82) is 0 Å². The van der Waals surface area contributed by atoms with E-state index in [0.717, 1.165) is 23.3 Å². The summed E-state index contributed by atoms with van der Waals surface area (Å²) in [7, 11) is 4.31. The average molecular weight is 240 g/mol. The van der Waals surface area contributed by atoms with Gasteiger partial charge in [0.1, 0.15) is 0 Å². The van der Waals surface area contributed by atoms with Gasteiger partial charge in [-0.1, -0.05) is 0 Å². The first-order valence-electron chi connectivity index (χ1n) is 5.73. The second kappa shape index (κ2) is 5.12. The molecule has 4 nitrogen and oxygen atoms in total. The van der Waals surface area contributed by atoms with Gasteiger partial charge in [-0.3, -0.25) is 0 Å². The monoisotopic (exact) mass is 240 g/mol. The summed E-state index contributed by atoms with van der Waals surface area (Å²) in [6.07, 6.45) is 1.30. The maximum absolute atomic E-state index is 5.56. The molecule has 90 valence electrons. The number of likely N-dealkylation sites (tertiary alicyclic amines) is 1. The third kappa shape index (κ3) is 2.72. The molecule has 5 heteroatoms. The fourth-order valence-corrected chi connectivity index (χ4v) is 3.02. The summed E-state index contributed by atoms with van der Waals surface area (Å²) in [4.78, 5) is 9.15. The van der Waals surface area contributed by atoms with E-state index in [9.17, 15) is 0 Å². The Morgan fingerprint density at radius 3 is 3.06 bits per heavy atom. The van der Waals surface area contributed by atoms with Gasteiger partial charge in [0.05, 0.1) is 5.69 Å². The lowest BCUT2D eigenvalue weighted by atomic mass is 10.1. The minimum atomic E-state index is 0.538. The van der Waals surface area contributed by atoms with Crippen LogP contribution in [0.25, 0.3) is 0 Å². The van der Waals surface area contributed by atoms with Crippen molar-refractivity contribution in [3.05, 3.63) is 11.1 Å². The van der Waals surface area contributed by atoms with Gasteiger partial charge in [-0.05, 0) is 25.9 Å². The number of aromatic nitrogens is 1. The van der Waals surface area contributed by atoms with Crippen LogP contribution in [0, 0.1) is 5.92 Å². The molecule has 1 aromatic rings. The maximum atomic E-state index is 5.56. The lowest BCUT2D eigenvalue weighted by molar-refractivity contribution is 0.396. The Balaban J connectivity index is 1.89. The highest BCUT2D eigenvalue weighted by Crippen LogP contribution is 2.22. The average Bonchev–Trinajstić information content (AvgIpc) is 2.87. The van der Waals surface area contributed by atoms with Gasteiger partial charge in [-0.15, -0.1) is 11.3 Å². The van der Waals surface area contributed by atoms with Crippen molar-refractivity contribution in [3.8, 4) is 0 Å². The molecule has 1 aliphatic heterocycles. The number of thiazole rings is 1. The number of anilines is 1. The molecular weight excluding hydrogens is 220 g/mol. The zero-order chi connectivity index (χ0) is 11.5. The van der Waals surface area contributed by atoms with Gasteiger partial charge in [-0.2, -0.15) is 0 Å². The Kier molecular flexibility index (Phi) is 3.78. The number of hydrogen-bond donors (Lipinski definition) is 1. The van der Waals surface area contributed by atoms with E-state index in [2.05, 4.69) is 28.9 Å². The standard InChI is InChI=1S/C11H20N4S/c1-14-4-3-9(6-14)7-15(2)11-13-10(5-12)8-16-11/h8-9H,3-7,12H2,1-2H3.